The van der Waals surface area contributed by atoms with E-state index in [1.54, 1.807) is 75.3 Å². The predicted molar refractivity (Wildman–Crippen MR) is 371 cm³/mol. The molecule has 2 aliphatic rings. The van der Waals surface area contributed by atoms with E-state index in [0.717, 1.165) is 9.80 Å². The van der Waals surface area contributed by atoms with Crippen LogP contribution in [0.15, 0.2) is 12.2 Å². The Morgan fingerprint density at radius 3 is 1.43 bits per heavy atom. The highest BCUT2D eigenvalue weighted by Gasteiger charge is 2.47. The highest BCUT2D eigenvalue weighted by Crippen LogP contribution is 2.30. The monoisotopic (exact) mass is 1360 g/mol. The molecule has 0 aromatic heterocycles. The number of amides is 8. The van der Waals surface area contributed by atoms with Gasteiger partial charge in [-0.15, -0.1) is 0 Å². The zero-order valence-electron chi connectivity index (χ0n) is 62.6. The molecule has 14 atom stereocenters. The lowest BCUT2D eigenvalue weighted by molar-refractivity contribution is -0.157. The second-order valence-electron chi connectivity index (χ2n) is 30.0. The maximum atomic E-state index is 15.3. The second kappa shape index (κ2) is 37.9. The Kier molecular flexibility index (Phi) is 34.1. The van der Waals surface area contributed by atoms with Crippen LogP contribution in [0.5, 0.6) is 0 Å². The van der Waals surface area contributed by atoms with Crippen molar-refractivity contribution in [3.63, 3.8) is 0 Å². The number of hydrogen-bond donors (Lipinski definition) is 2. The van der Waals surface area contributed by atoms with Gasteiger partial charge in [0.15, 0.2) is 11.6 Å². The number of aliphatic hydroxyl groups is 1. The van der Waals surface area contributed by atoms with Gasteiger partial charge in [-0.3, -0.25) is 52.7 Å². The van der Waals surface area contributed by atoms with Crippen molar-refractivity contribution in [1.82, 2.24) is 44.5 Å². The Morgan fingerprint density at radius 1 is 0.516 bits per heavy atom. The number of allylic oxidation sites excluding steroid dienone is 2. The number of aliphatic hydroxyl groups excluding tert-OH is 1. The van der Waals surface area contributed by atoms with Gasteiger partial charge in [0.2, 0.25) is 47.3 Å². The number of likely N-dealkylation sites (tertiary alicyclic amines) is 1. The summed E-state index contributed by atoms with van der Waals surface area (Å²) < 4.78 is 25.1. The number of sulfone groups is 1. The topological polar surface area (TPSA) is 280 Å². The van der Waals surface area contributed by atoms with Gasteiger partial charge in [-0.1, -0.05) is 116 Å². The molecule has 2 rings (SSSR count). The Bertz CT molecular complexity index is 2780. The molecular weight excluding hydrogens is 1230 g/mol. The van der Waals surface area contributed by atoms with E-state index in [0.29, 0.717) is 32.4 Å². The molecule has 8 amide bonds. The molecule has 544 valence electrons. The summed E-state index contributed by atoms with van der Waals surface area (Å²) in [6.45, 7) is 31.1. The van der Waals surface area contributed by atoms with Crippen LogP contribution >= 0.6 is 0 Å². The minimum absolute atomic E-state index is 0.00931. The van der Waals surface area contributed by atoms with E-state index in [-0.39, 0.29) is 80.8 Å². The number of Topliss-reactive ketones (excluding diaryl/α,β-unsaturated/α-hetero) is 3. The van der Waals surface area contributed by atoms with Crippen molar-refractivity contribution < 1.29 is 66.3 Å². The highest BCUT2D eigenvalue weighted by atomic mass is 32.2. The van der Waals surface area contributed by atoms with Gasteiger partial charge in [-0.25, -0.2) is 8.42 Å². The Balaban J connectivity index is 3.06. The van der Waals surface area contributed by atoms with E-state index in [4.69, 9.17) is 0 Å². The molecule has 0 saturated carbocycles. The molecular formula is C71H125N9O14S. The second-order valence-corrected chi connectivity index (χ2v) is 32.4. The molecule has 0 aromatic rings. The largest absolute Gasteiger partial charge is 0.390 e. The van der Waals surface area contributed by atoms with Crippen LogP contribution in [0, 0.1) is 59.2 Å². The molecule has 2 heterocycles. The van der Waals surface area contributed by atoms with Gasteiger partial charge in [0.25, 0.3) is 0 Å². The minimum Gasteiger partial charge on any atom is -0.390 e. The third-order valence-electron chi connectivity index (χ3n) is 20.0. The summed E-state index contributed by atoms with van der Waals surface area (Å²) in [4.78, 5) is 175. The Morgan fingerprint density at radius 2 is 0.968 bits per heavy atom. The number of carbonyl (C=O) groups is 11. The minimum atomic E-state index is -3.32. The summed E-state index contributed by atoms with van der Waals surface area (Å²) in [6.07, 6.45) is 3.97. The first kappa shape index (κ1) is 85.5. The van der Waals surface area contributed by atoms with Gasteiger partial charge in [0.1, 0.15) is 51.9 Å². The number of rotatable bonds is 17. The van der Waals surface area contributed by atoms with Crippen molar-refractivity contribution in [3.8, 4) is 0 Å². The maximum absolute atomic E-state index is 15.3. The summed E-state index contributed by atoms with van der Waals surface area (Å²) in [5.74, 6) is -11.9. The van der Waals surface area contributed by atoms with Crippen LogP contribution in [0.3, 0.4) is 0 Å². The molecule has 2 aliphatic heterocycles. The summed E-state index contributed by atoms with van der Waals surface area (Å²) in [5.41, 5.74) is 0. The third-order valence-corrected chi connectivity index (χ3v) is 21.6. The SMILES string of the molecule is C/C=C/C[C@@H](C)[C@@H](O)[C@H]1C(=O)N[C@@H](CC)C(=O)N(C)[C@H](C)C(=O)N(C)[C@@H]([C@H](C)CN2CCC(S(C)(=O)=O)CC2)C(=O)C[C@@H](C(C)C)C(=O)N(C)[C@@H](CC(C)C)C(=O)C[C@@H](C)C(=O)C[C@H](C)C(=O)N(C)[C@@H](CC(C)C)C(=O)N(C)[C@@H](CC(C)C)C(=O)N(C)[C@@H](C(C)C)C(=O)N1C. The third kappa shape index (κ3) is 23.3. The number of hydrogen-bond acceptors (Lipinski definition) is 15. The fraction of sp³-hybridized carbons (Fsp3) is 0.817. The van der Waals surface area contributed by atoms with Gasteiger partial charge < -0.3 is 49.6 Å². The van der Waals surface area contributed by atoms with E-state index in [1.165, 1.54) is 87.0 Å². The van der Waals surface area contributed by atoms with Crippen LogP contribution in [0.4, 0.5) is 0 Å². The molecule has 24 heteroatoms. The van der Waals surface area contributed by atoms with E-state index in [9.17, 15) is 32.7 Å². The Hall–Kier alpha value is -5.62. The van der Waals surface area contributed by atoms with Crippen molar-refractivity contribution in [3.05, 3.63) is 12.2 Å². The summed E-state index contributed by atoms with van der Waals surface area (Å²) in [5, 5.41) is 14.5. The fourth-order valence-corrected chi connectivity index (χ4v) is 14.7. The predicted octanol–water partition coefficient (Wildman–Crippen LogP) is 6.03. The molecule has 2 N–H and O–H groups in total. The molecule has 23 nitrogen and oxygen atoms in total. The van der Waals surface area contributed by atoms with Gasteiger partial charge in [-0.05, 0) is 113 Å². The number of piperidine rings is 1. The Labute approximate surface area is 570 Å². The maximum Gasteiger partial charge on any atom is 0.246 e. The number of ketones is 3. The molecule has 0 unspecified atom stereocenters. The van der Waals surface area contributed by atoms with Gasteiger partial charge in [0.05, 0.1) is 23.4 Å². The molecule has 0 radical (unpaired) electrons. The number of nitrogens with one attached hydrogen (secondary N) is 1. The molecule has 0 bridgehead atoms. The number of carbonyl (C=O) groups excluding carboxylic acids is 11. The first-order valence-corrected chi connectivity index (χ1v) is 36.7. The molecule has 95 heavy (non-hydrogen) atoms. The number of likely N-dealkylation sites (N-methyl/N-ethyl adjacent to an activating group) is 7. The quantitative estimate of drug-likeness (QED) is 0.157. The molecule has 2 fully saturated rings. The van der Waals surface area contributed by atoms with Crippen LogP contribution in [0.25, 0.3) is 0 Å². The highest BCUT2D eigenvalue weighted by molar-refractivity contribution is 7.91. The average Bonchev–Trinajstić information content (AvgIpc) is 0.815. The zero-order valence-corrected chi connectivity index (χ0v) is 63.5. The smallest absolute Gasteiger partial charge is 0.246 e. The van der Waals surface area contributed by atoms with Crippen molar-refractivity contribution >= 4 is 74.4 Å². The van der Waals surface area contributed by atoms with E-state index >= 15 is 33.6 Å². The standard InChI is InChI=1S/C71H125N9O14S/c1-26-28-29-46(13)63(84)62-64(85)72-53(27-2)68(89)73(18)50(17)66(87)78(23)61(49(16)40-80-32-30-51(31-33-80)95(25,93)94)59(83)39-52(44(9)10)67(88)74(19)54(34-41(3)4)58(82)37-47(14)57(81)38-48(15)65(86)75(20)55(35-42(5)6)69(90)76(21)56(36-43(7)8)70(91)77(22)60(45(11)12)71(92)79(62)24/h26,28,41-56,60-63,84H,27,29-40H2,1-25H3,(H,72,85)/b28-26+/t46-,47-,48+,49-,50-,52+,53+,54+,55+,56+,60+,61+,62+,63-/m1/s1. The normalized spacial score (nSPS) is 28.2. The first-order valence-electron chi connectivity index (χ1n) is 34.8. The van der Waals surface area contributed by atoms with E-state index in [2.05, 4.69) is 5.32 Å². The lowest BCUT2D eigenvalue weighted by atomic mass is 9.83. The summed E-state index contributed by atoms with van der Waals surface area (Å²) in [7, 11) is 6.82. The van der Waals surface area contributed by atoms with Crippen molar-refractivity contribution in [2.75, 3.05) is 75.2 Å². The van der Waals surface area contributed by atoms with Gasteiger partial charge in [0, 0.05) is 99.2 Å². The van der Waals surface area contributed by atoms with Crippen LogP contribution in [0.2, 0.25) is 0 Å². The van der Waals surface area contributed by atoms with Gasteiger partial charge in [-0.2, -0.15) is 0 Å². The van der Waals surface area contributed by atoms with Crippen LogP contribution < -0.4 is 5.32 Å². The number of nitrogens with zero attached hydrogens (tertiary/aromatic N) is 8. The zero-order chi connectivity index (χ0) is 73.3. The van der Waals surface area contributed by atoms with Crippen molar-refractivity contribution in [2.45, 2.75) is 242 Å². The van der Waals surface area contributed by atoms with Crippen LogP contribution in [0.1, 0.15) is 182 Å². The molecule has 2 saturated heterocycles. The van der Waals surface area contributed by atoms with E-state index < -0.39 is 164 Å². The van der Waals surface area contributed by atoms with Crippen molar-refractivity contribution in [1.29, 1.82) is 0 Å². The first-order chi connectivity index (χ1) is 43.8. The summed E-state index contributed by atoms with van der Waals surface area (Å²) >= 11 is 0. The fourth-order valence-electron chi connectivity index (χ4n) is 13.6. The van der Waals surface area contributed by atoms with Crippen molar-refractivity contribution in [2.24, 2.45) is 59.2 Å². The molecule has 0 spiro atoms. The van der Waals surface area contributed by atoms with Crippen LogP contribution in [-0.4, -0.2) is 252 Å². The molecule has 0 aliphatic carbocycles. The average molecular weight is 1360 g/mol. The lowest BCUT2D eigenvalue weighted by Gasteiger charge is -2.41. The summed E-state index contributed by atoms with van der Waals surface area (Å²) in [6, 6.07) is -9.96. The van der Waals surface area contributed by atoms with E-state index in [1.807, 2.05) is 52.5 Å². The molecule has 0 aromatic carbocycles. The van der Waals surface area contributed by atoms with Crippen LogP contribution in [-0.2, 0) is 62.6 Å². The lowest BCUT2D eigenvalue weighted by Crippen LogP contribution is -2.63. The van der Waals surface area contributed by atoms with Gasteiger partial charge >= 0.3 is 0 Å².